The van der Waals surface area contributed by atoms with E-state index in [1.807, 2.05) is 0 Å². The van der Waals surface area contributed by atoms with E-state index in [1.54, 1.807) is 0 Å². The van der Waals surface area contributed by atoms with Crippen LogP contribution in [-0.4, -0.2) is 20.4 Å². The zero-order valence-electron chi connectivity index (χ0n) is 22.7. The monoisotopic (exact) mass is 534 g/mol. The molecule has 3 rings (SSSR count). The van der Waals surface area contributed by atoms with Crippen molar-refractivity contribution in [2.75, 3.05) is 9.80 Å². The minimum atomic E-state index is 0. The van der Waals surface area contributed by atoms with Gasteiger partial charge in [0.15, 0.2) is 0 Å². The number of carbonyl (C=O) groups excluding carboxylic acids is 3. The molecule has 0 amide bonds. The Morgan fingerprint density at radius 1 is 0.528 bits per heavy atom. The van der Waals surface area contributed by atoms with Crippen LogP contribution in [0.5, 0.6) is 0 Å². The minimum absolute atomic E-state index is 0. The summed E-state index contributed by atoms with van der Waals surface area (Å²) in [4.78, 5) is 27.9. The molecule has 1 aliphatic heterocycles. The molecule has 0 spiro atoms. The fourth-order valence-electron chi connectivity index (χ4n) is 4.24. The maximum absolute atomic E-state index is 7.75. The molecule has 36 heavy (non-hydrogen) atoms. The third-order valence-corrected chi connectivity index (χ3v) is 5.84. The van der Waals surface area contributed by atoms with Crippen molar-refractivity contribution in [3.05, 3.63) is 77.7 Å². The van der Waals surface area contributed by atoms with Gasteiger partial charge in [-0.2, -0.15) is 0 Å². The van der Waals surface area contributed by atoms with Crippen molar-refractivity contribution in [2.24, 2.45) is 0 Å². The van der Waals surface area contributed by atoms with Gasteiger partial charge in [0, 0.05) is 27.9 Å². The van der Waals surface area contributed by atoms with E-state index in [0.29, 0.717) is 23.7 Å². The summed E-state index contributed by atoms with van der Waals surface area (Å²) in [7, 11) is 0. The molecule has 6 heteroatoms. The van der Waals surface area contributed by atoms with Crippen LogP contribution in [0.4, 0.5) is 11.4 Å². The molecule has 0 bridgehead atoms. The number of rotatable bonds is 6. The van der Waals surface area contributed by atoms with Crippen LogP contribution < -0.4 is 9.80 Å². The van der Waals surface area contributed by atoms with E-state index in [4.69, 9.17) is 14.4 Å². The first-order valence-electron chi connectivity index (χ1n) is 11.8. The molecule has 0 saturated carbocycles. The number of nitrogens with zero attached hydrogens (tertiary/aromatic N) is 2. The van der Waals surface area contributed by atoms with Crippen LogP contribution in [0, 0.1) is 6.67 Å². The zero-order valence-corrected chi connectivity index (χ0v) is 23.7. The van der Waals surface area contributed by atoms with Gasteiger partial charge in [-0.3, -0.25) is 20.4 Å². The average Bonchev–Trinajstić information content (AvgIpc) is 3.36. The molecule has 2 aromatic rings. The minimum Gasteiger partial charge on any atom is -0.545 e. The molecule has 0 aliphatic carbocycles. The first-order valence-corrected chi connectivity index (χ1v) is 11.8. The van der Waals surface area contributed by atoms with Crippen LogP contribution in [-0.2, 0) is 30.9 Å². The zero-order chi connectivity index (χ0) is 27.3. The molecule has 0 radical (unpaired) electrons. The molecule has 0 saturated heterocycles. The van der Waals surface area contributed by atoms with Gasteiger partial charge in [0.1, 0.15) is 0 Å². The van der Waals surface area contributed by atoms with Gasteiger partial charge in [-0.15, -0.1) is 6.67 Å². The molecule has 0 fully saturated rings. The third-order valence-electron chi connectivity index (χ3n) is 5.84. The van der Waals surface area contributed by atoms with Gasteiger partial charge < -0.3 is 24.2 Å². The Morgan fingerprint density at radius 2 is 0.750 bits per heavy atom. The van der Waals surface area contributed by atoms with Crippen molar-refractivity contribution in [1.82, 2.24) is 0 Å². The van der Waals surface area contributed by atoms with E-state index >= 15 is 0 Å². The van der Waals surface area contributed by atoms with Crippen molar-refractivity contribution < 1.29 is 30.9 Å². The maximum atomic E-state index is 7.75. The number of hydrogen-bond donors (Lipinski definition) is 0. The number of benzene rings is 2. The van der Waals surface area contributed by atoms with E-state index in [-0.39, 0.29) is 16.5 Å². The number of para-hydroxylation sites is 2. The molecular formula is C30H40N2NiO3-4. The van der Waals surface area contributed by atoms with E-state index in [2.05, 4.69) is 141 Å². The second kappa shape index (κ2) is 17.7. The Kier molecular flexibility index (Phi) is 17.4. The topological polar surface area (TPSA) is 57.7 Å². The number of hydrogen-bond acceptors (Lipinski definition) is 5. The Bertz CT molecular complexity index is 813. The molecule has 0 unspecified atom stereocenters. The van der Waals surface area contributed by atoms with Crippen LogP contribution in [0.25, 0.3) is 0 Å². The Hall–Kier alpha value is -2.72. The van der Waals surface area contributed by atoms with Gasteiger partial charge in [0.25, 0.3) is 0 Å². The first-order chi connectivity index (χ1) is 16.7. The van der Waals surface area contributed by atoms with Gasteiger partial charge >= 0.3 is 0 Å². The SMILES string of the molecule is CC(C)c1cccc(C(C)C)c1N1C=CN(c2c(C(C)C)cccc2C(C)C)[CH-]1.[CH-]=O.[CH-]=O.[CH-]=O.[Ni]. The van der Waals surface area contributed by atoms with Gasteiger partial charge in [0.05, 0.1) is 0 Å². The van der Waals surface area contributed by atoms with Gasteiger partial charge in [-0.25, -0.2) is 0 Å². The van der Waals surface area contributed by atoms with E-state index in [1.165, 1.54) is 33.6 Å². The van der Waals surface area contributed by atoms with Crippen molar-refractivity contribution in [1.29, 1.82) is 0 Å². The van der Waals surface area contributed by atoms with Gasteiger partial charge in [-0.1, -0.05) is 91.8 Å². The summed E-state index contributed by atoms with van der Waals surface area (Å²) >= 11 is 0. The quantitative estimate of drug-likeness (QED) is 0.221. The summed E-state index contributed by atoms with van der Waals surface area (Å²) in [5.41, 5.74) is 8.29. The van der Waals surface area contributed by atoms with Crippen LogP contribution in [0.1, 0.15) is 101 Å². The van der Waals surface area contributed by atoms with Crippen molar-refractivity contribution in [3.63, 3.8) is 0 Å². The third kappa shape index (κ3) is 8.45. The summed E-state index contributed by atoms with van der Waals surface area (Å²) in [5.74, 6) is 1.92. The summed E-state index contributed by atoms with van der Waals surface area (Å²) in [6, 6.07) is 13.5. The molecule has 5 nitrogen and oxygen atoms in total. The molecule has 1 aliphatic rings. The first kappa shape index (κ1) is 35.4. The van der Waals surface area contributed by atoms with E-state index < -0.39 is 0 Å². The van der Waals surface area contributed by atoms with Crippen molar-refractivity contribution >= 4 is 31.7 Å². The van der Waals surface area contributed by atoms with Crippen LogP contribution in [0.15, 0.2) is 48.8 Å². The Morgan fingerprint density at radius 3 is 0.944 bits per heavy atom. The van der Waals surface area contributed by atoms with E-state index in [9.17, 15) is 0 Å². The van der Waals surface area contributed by atoms with Crippen molar-refractivity contribution in [3.8, 4) is 0 Å². The molecule has 0 atom stereocenters. The molecular weight excluding hydrogens is 495 g/mol. The fraction of sp³-hybridized carbons (Fsp3) is 0.400. The maximum Gasteiger partial charge on any atom is 0.0195 e. The standard InChI is InChI=1S/C27H37N2.3CHO.Ni/c1-18(2)22-11-9-12-23(19(3)4)26(22)28-15-16-29(17-28)27-24(20(5)6)13-10-14-25(27)21(7)8;3*1-2;/h9-21H,1-8H3;3*1H;/q4*-1;. The second-order valence-corrected chi connectivity index (χ2v) is 9.42. The molecule has 2 aromatic carbocycles. The summed E-state index contributed by atoms with van der Waals surface area (Å²) in [5, 5.41) is 0. The fourth-order valence-corrected chi connectivity index (χ4v) is 4.24. The van der Waals surface area contributed by atoms with Gasteiger partial charge in [-0.05, 0) is 58.3 Å². The second-order valence-electron chi connectivity index (χ2n) is 9.42. The molecule has 0 N–H and O–H groups in total. The Labute approximate surface area is 228 Å². The average molecular weight is 535 g/mol. The summed E-state index contributed by atoms with van der Waals surface area (Å²) in [6.07, 6.45) is 4.43. The predicted octanol–water partition coefficient (Wildman–Crippen LogP) is 7.27. The van der Waals surface area contributed by atoms with Crippen molar-refractivity contribution in [2.45, 2.75) is 79.1 Å². The number of anilines is 2. The predicted molar refractivity (Wildman–Crippen MR) is 148 cm³/mol. The van der Waals surface area contributed by atoms with Crippen LogP contribution >= 0.6 is 0 Å². The largest absolute Gasteiger partial charge is 0.545 e. The summed E-state index contributed by atoms with van der Waals surface area (Å²) < 4.78 is 0. The van der Waals surface area contributed by atoms with Crippen LogP contribution in [0.2, 0.25) is 0 Å². The molecule has 1 heterocycles. The smallest absolute Gasteiger partial charge is 0.0195 e. The normalized spacial score (nSPS) is 11.9. The summed E-state index contributed by atoms with van der Waals surface area (Å²) in [6.45, 7) is 30.3. The van der Waals surface area contributed by atoms with Gasteiger partial charge in [0.2, 0.25) is 0 Å². The Balaban J connectivity index is 0. The molecule has 0 aromatic heterocycles. The molecule has 202 valence electrons. The van der Waals surface area contributed by atoms with Crippen LogP contribution in [0.3, 0.4) is 0 Å². The van der Waals surface area contributed by atoms with E-state index in [0.717, 1.165) is 0 Å².